The van der Waals surface area contributed by atoms with Crippen molar-refractivity contribution in [2.24, 2.45) is 0 Å². The number of hydrogen-bond acceptors (Lipinski definition) is 4. The third-order valence-electron chi connectivity index (χ3n) is 7.19. The predicted octanol–water partition coefficient (Wildman–Crippen LogP) is 6.60. The molecule has 3 rings (SSSR count). The van der Waals surface area contributed by atoms with E-state index in [1.165, 1.54) is 12.2 Å². The molecule has 0 fully saturated rings. The molecule has 0 saturated heterocycles. The molecule has 0 aliphatic rings. The highest BCUT2D eigenvalue weighted by Gasteiger charge is 2.25. The second-order valence-electron chi connectivity index (χ2n) is 12.0. The molecule has 0 saturated carbocycles. The maximum Gasteiger partial charge on any atom is 0.278 e. The van der Waals surface area contributed by atoms with Gasteiger partial charge >= 0.3 is 0 Å². The summed E-state index contributed by atoms with van der Waals surface area (Å²) in [5.74, 6) is -0.0437. The molecule has 0 atom stereocenters. The highest BCUT2D eigenvalue weighted by molar-refractivity contribution is 6.11. The summed E-state index contributed by atoms with van der Waals surface area (Å²) >= 11 is 0. The van der Waals surface area contributed by atoms with Gasteiger partial charge in [0.2, 0.25) is 0 Å². The highest BCUT2D eigenvalue weighted by atomic mass is 16.7. The van der Waals surface area contributed by atoms with Gasteiger partial charge in [0.25, 0.3) is 5.91 Å². The van der Waals surface area contributed by atoms with Crippen molar-refractivity contribution in [2.45, 2.75) is 94.2 Å². The number of hydroxylamine groups is 2. The first-order valence-corrected chi connectivity index (χ1v) is 13.0. The van der Waals surface area contributed by atoms with Crippen LogP contribution in [0.4, 0.5) is 0 Å². The normalized spacial score (nSPS) is 11.7. The number of aryl methyl sites for hydroxylation is 2. The van der Waals surface area contributed by atoms with Crippen molar-refractivity contribution >= 4 is 11.7 Å². The van der Waals surface area contributed by atoms with Crippen LogP contribution in [0, 0.1) is 41.5 Å². The van der Waals surface area contributed by atoms with Crippen LogP contribution in [0.1, 0.15) is 102 Å². The maximum absolute atomic E-state index is 12.9. The van der Waals surface area contributed by atoms with Gasteiger partial charge in [-0.05, 0) is 106 Å². The second kappa shape index (κ2) is 11.3. The molecular formula is C31H46N4O3. The third-order valence-corrected chi connectivity index (χ3v) is 7.19. The number of carbonyl (C=O) groups excluding carboxylic acids is 2. The minimum atomic E-state index is -0.115. The molecule has 1 amide bonds. The molecule has 0 radical (unpaired) electrons. The van der Waals surface area contributed by atoms with Crippen molar-refractivity contribution in [3.05, 3.63) is 75.1 Å². The first kappa shape index (κ1) is 31.0. The first-order chi connectivity index (χ1) is 17.3. The van der Waals surface area contributed by atoms with Crippen molar-refractivity contribution in [1.29, 1.82) is 0 Å². The molecule has 0 aromatic carbocycles. The number of aromatic nitrogens is 3. The zero-order valence-corrected chi connectivity index (χ0v) is 25.8. The maximum atomic E-state index is 12.9. The number of pyridine rings is 1. The van der Waals surface area contributed by atoms with Crippen molar-refractivity contribution in [1.82, 2.24) is 19.2 Å². The molecule has 3 heterocycles. The molecule has 38 heavy (non-hydrogen) atoms. The summed E-state index contributed by atoms with van der Waals surface area (Å²) < 4.78 is 4.30. The molecule has 0 N–H and O–H groups in total. The van der Waals surface area contributed by atoms with Gasteiger partial charge in [-0.25, -0.2) is 5.06 Å². The van der Waals surface area contributed by atoms with Gasteiger partial charge in [-0.3, -0.25) is 19.4 Å². The van der Waals surface area contributed by atoms with Gasteiger partial charge in [0, 0.05) is 64.9 Å². The fourth-order valence-electron chi connectivity index (χ4n) is 4.66. The fourth-order valence-corrected chi connectivity index (χ4v) is 4.66. The van der Waals surface area contributed by atoms with Crippen LogP contribution >= 0.6 is 0 Å². The third kappa shape index (κ3) is 6.26. The largest absolute Gasteiger partial charge is 0.346 e. The summed E-state index contributed by atoms with van der Waals surface area (Å²) in [5.41, 5.74) is 8.23. The Bertz CT molecular complexity index is 1310. The van der Waals surface area contributed by atoms with Crippen molar-refractivity contribution in [3.8, 4) is 0 Å². The van der Waals surface area contributed by atoms with Gasteiger partial charge in [-0.2, -0.15) is 0 Å². The van der Waals surface area contributed by atoms with Crippen LogP contribution in [0.15, 0.2) is 24.7 Å². The van der Waals surface area contributed by atoms with E-state index in [9.17, 15) is 9.59 Å². The van der Waals surface area contributed by atoms with E-state index in [4.69, 9.17) is 4.84 Å². The molecule has 0 aliphatic carbocycles. The molecule has 208 valence electrons. The minimum Gasteiger partial charge on any atom is -0.346 e. The predicted molar refractivity (Wildman–Crippen MR) is 154 cm³/mol. The van der Waals surface area contributed by atoms with Crippen LogP contribution in [0.5, 0.6) is 0 Å². The molecule has 0 unspecified atom stereocenters. The van der Waals surface area contributed by atoms with Crippen LogP contribution in [-0.4, -0.2) is 45.0 Å². The molecule has 7 nitrogen and oxygen atoms in total. The monoisotopic (exact) mass is 522 g/mol. The molecular weight excluding hydrogens is 476 g/mol. The van der Waals surface area contributed by atoms with E-state index in [2.05, 4.69) is 62.6 Å². The molecule has 3 aromatic rings. The van der Waals surface area contributed by atoms with Crippen molar-refractivity contribution < 1.29 is 14.4 Å². The second-order valence-corrected chi connectivity index (χ2v) is 12.0. The van der Waals surface area contributed by atoms with E-state index in [0.717, 1.165) is 44.9 Å². The Kier molecular flexibility index (Phi) is 9.21. The zero-order valence-electron chi connectivity index (χ0n) is 25.8. The average molecular weight is 523 g/mol. The fraction of sp³-hybridized carbons (Fsp3) is 0.516. The van der Waals surface area contributed by atoms with Crippen LogP contribution in [0.25, 0.3) is 0 Å². The molecule has 3 aromatic heterocycles. The molecule has 7 heteroatoms. The number of hydrogen-bond donors (Lipinski definition) is 0. The lowest BCUT2D eigenvalue weighted by Gasteiger charge is -2.23. The standard InChI is InChI=1S/C18H24N2O.C13H22N2O2/c1-11-8-9-19-13(3)16(11)17(21)15-10-20(18(5,6)7)14(4)12(15)2;1-9-10(2)15(13(3,4)5)8-11(9)12(16)14(6)17-7/h8-10H,1-7H3;8H,1-7H3. The van der Waals surface area contributed by atoms with E-state index in [1.807, 2.05) is 53.1 Å². The summed E-state index contributed by atoms with van der Waals surface area (Å²) in [6, 6.07) is 1.89. The summed E-state index contributed by atoms with van der Waals surface area (Å²) in [7, 11) is 3.10. The number of amides is 1. The lowest BCUT2D eigenvalue weighted by Crippen LogP contribution is -2.26. The summed E-state index contributed by atoms with van der Waals surface area (Å²) in [5, 5.41) is 1.24. The van der Waals surface area contributed by atoms with Crippen LogP contribution in [-0.2, 0) is 15.9 Å². The molecule has 0 bridgehead atoms. The lowest BCUT2D eigenvalue weighted by atomic mass is 9.97. The van der Waals surface area contributed by atoms with E-state index >= 15 is 0 Å². The topological polar surface area (TPSA) is 69.4 Å². The van der Waals surface area contributed by atoms with Gasteiger partial charge in [0.15, 0.2) is 5.78 Å². The van der Waals surface area contributed by atoms with E-state index < -0.39 is 0 Å². The van der Waals surface area contributed by atoms with Gasteiger partial charge in [0.05, 0.1) is 12.7 Å². The van der Waals surface area contributed by atoms with Gasteiger partial charge < -0.3 is 9.13 Å². The van der Waals surface area contributed by atoms with Gasteiger partial charge in [0.1, 0.15) is 0 Å². The number of carbonyl (C=O) groups is 2. The quantitative estimate of drug-likeness (QED) is 0.286. The van der Waals surface area contributed by atoms with E-state index in [0.29, 0.717) is 5.56 Å². The Morgan fingerprint density at radius 1 is 0.816 bits per heavy atom. The lowest BCUT2D eigenvalue weighted by molar-refractivity contribution is -0.0757. The van der Waals surface area contributed by atoms with E-state index in [1.54, 1.807) is 13.2 Å². The minimum absolute atomic E-state index is 0.0288. The number of rotatable bonds is 4. The smallest absolute Gasteiger partial charge is 0.278 e. The summed E-state index contributed by atoms with van der Waals surface area (Å²) in [6.45, 7) is 24.7. The van der Waals surface area contributed by atoms with Crippen molar-refractivity contribution in [3.63, 3.8) is 0 Å². The SMILES string of the molecule is CON(C)C(=O)c1cn(C(C)(C)C)c(C)c1C.Cc1ccnc(C)c1C(=O)c1cn(C(C)(C)C)c(C)c1C. The first-order valence-electron chi connectivity index (χ1n) is 13.0. The Balaban J connectivity index is 0.000000273. The van der Waals surface area contributed by atoms with Crippen LogP contribution in [0.2, 0.25) is 0 Å². The van der Waals surface area contributed by atoms with Gasteiger partial charge in [-0.15, -0.1) is 0 Å². The number of ketones is 1. The van der Waals surface area contributed by atoms with Crippen molar-refractivity contribution in [2.75, 3.05) is 14.2 Å². The Morgan fingerprint density at radius 2 is 1.26 bits per heavy atom. The van der Waals surface area contributed by atoms with E-state index in [-0.39, 0.29) is 22.8 Å². The Morgan fingerprint density at radius 3 is 1.66 bits per heavy atom. The Labute approximate surface area is 228 Å². The van der Waals surface area contributed by atoms with Gasteiger partial charge in [-0.1, -0.05) is 0 Å². The highest BCUT2D eigenvalue weighted by Crippen LogP contribution is 2.27. The molecule has 0 aliphatic heterocycles. The average Bonchev–Trinajstić information content (AvgIpc) is 3.28. The Hall–Kier alpha value is -3.19. The zero-order chi connectivity index (χ0) is 29.3. The summed E-state index contributed by atoms with van der Waals surface area (Å²) in [4.78, 5) is 34.2. The van der Waals surface area contributed by atoms with Crippen LogP contribution < -0.4 is 0 Å². The summed E-state index contributed by atoms with van der Waals surface area (Å²) in [6.07, 6.45) is 5.64. The van der Waals surface area contributed by atoms with Crippen LogP contribution in [0.3, 0.4) is 0 Å². The molecule has 0 spiro atoms. The number of nitrogens with zero attached hydrogens (tertiary/aromatic N) is 4.